The molecular weight excluding hydrogens is 240 g/mol. The minimum atomic E-state index is 0.513. The van der Waals surface area contributed by atoms with Gasteiger partial charge in [0.1, 0.15) is 0 Å². The molecule has 1 N–H and O–H groups in total. The molecule has 3 rings (SSSR count). The second-order valence-electron chi connectivity index (χ2n) is 6.26. The summed E-state index contributed by atoms with van der Waals surface area (Å²) in [4.78, 5) is 4.70. The van der Waals surface area contributed by atoms with E-state index in [0.717, 1.165) is 18.4 Å². The van der Waals surface area contributed by atoms with Crippen LogP contribution in [0.15, 0.2) is 5.38 Å². The minimum absolute atomic E-state index is 0.513. The summed E-state index contributed by atoms with van der Waals surface area (Å²) in [5.41, 5.74) is 1.85. The Balaban J connectivity index is 1.77. The predicted octanol–water partition coefficient (Wildman–Crippen LogP) is 3.41. The molecule has 2 saturated carbocycles. The maximum atomic E-state index is 4.70. The van der Waals surface area contributed by atoms with Gasteiger partial charge in [0.25, 0.3) is 0 Å². The summed E-state index contributed by atoms with van der Waals surface area (Å²) >= 11 is 1.80. The molecule has 2 aliphatic carbocycles. The smallest absolute Gasteiger partial charge is 0.0897 e. The molecule has 2 fully saturated rings. The lowest BCUT2D eigenvalue weighted by Gasteiger charge is -2.37. The summed E-state index contributed by atoms with van der Waals surface area (Å²) in [5, 5.41) is 7.11. The molecule has 0 aliphatic heterocycles. The second kappa shape index (κ2) is 4.93. The lowest BCUT2D eigenvalue weighted by atomic mass is 9.70. The van der Waals surface area contributed by atoms with Gasteiger partial charge >= 0.3 is 0 Å². The molecule has 3 atom stereocenters. The van der Waals surface area contributed by atoms with Crippen LogP contribution in [0.1, 0.15) is 43.3 Å². The van der Waals surface area contributed by atoms with E-state index in [1.807, 2.05) is 0 Å². The number of thiazole rings is 1. The van der Waals surface area contributed by atoms with Gasteiger partial charge in [0, 0.05) is 11.9 Å². The lowest BCUT2D eigenvalue weighted by molar-refractivity contribution is 0.156. The molecular formula is C15H24N2S. The molecule has 1 aromatic rings. The number of aromatic nitrogens is 1. The van der Waals surface area contributed by atoms with Crippen LogP contribution in [0.2, 0.25) is 0 Å². The van der Waals surface area contributed by atoms with Crippen molar-refractivity contribution in [3.63, 3.8) is 0 Å². The van der Waals surface area contributed by atoms with E-state index in [1.165, 1.54) is 49.4 Å². The number of hydrogen-bond acceptors (Lipinski definition) is 3. The van der Waals surface area contributed by atoms with Crippen LogP contribution in [0.3, 0.4) is 0 Å². The van der Waals surface area contributed by atoms with Gasteiger partial charge in [0.15, 0.2) is 0 Å². The third-order valence-corrected chi connectivity index (χ3v) is 5.85. The highest BCUT2D eigenvalue weighted by Crippen LogP contribution is 2.57. The van der Waals surface area contributed by atoms with Crippen LogP contribution in [0.25, 0.3) is 0 Å². The molecule has 0 radical (unpaired) electrons. The molecule has 2 nitrogen and oxygen atoms in total. The van der Waals surface area contributed by atoms with E-state index in [-0.39, 0.29) is 0 Å². The van der Waals surface area contributed by atoms with E-state index in [2.05, 4.69) is 24.5 Å². The van der Waals surface area contributed by atoms with Crippen LogP contribution in [-0.4, -0.2) is 18.1 Å². The minimum Gasteiger partial charge on any atom is -0.316 e. The molecule has 3 heteroatoms. The molecule has 0 amide bonds. The van der Waals surface area contributed by atoms with Gasteiger partial charge in [0.2, 0.25) is 0 Å². The van der Waals surface area contributed by atoms with Crippen molar-refractivity contribution in [1.29, 1.82) is 0 Å². The zero-order valence-corrected chi connectivity index (χ0v) is 12.4. The summed E-state index contributed by atoms with van der Waals surface area (Å²) in [5.74, 6) is 1.96. The van der Waals surface area contributed by atoms with Crippen molar-refractivity contribution in [1.82, 2.24) is 10.3 Å². The summed E-state index contributed by atoms with van der Waals surface area (Å²) in [6.45, 7) is 6.62. The molecule has 2 aliphatic rings. The molecule has 2 bridgehead atoms. The average Bonchev–Trinajstić information content (AvgIpc) is 3.03. The van der Waals surface area contributed by atoms with Gasteiger partial charge < -0.3 is 5.32 Å². The number of hydrogen-bond donors (Lipinski definition) is 1. The fraction of sp³-hybridized carbons (Fsp3) is 0.800. The van der Waals surface area contributed by atoms with Crippen molar-refractivity contribution < 1.29 is 0 Å². The molecule has 18 heavy (non-hydrogen) atoms. The highest BCUT2D eigenvalue weighted by Gasteiger charge is 2.50. The van der Waals surface area contributed by atoms with Gasteiger partial charge in [-0.25, -0.2) is 4.98 Å². The van der Waals surface area contributed by atoms with Crippen molar-refractivity contribution in [2.24, 2.45) is 17.3 Å². The van der Waals surface area contributed by atoms with Gasteiger partial charge in [-0.1, -0.05) is 13.3 Å². The van der Waals surface area contributed by atoms with E-state index in [1.54, 1.807) is 11.3 Å². The van der Waals surface area contributed by atoms with Crippen LogP contribution < -0.4 is 5.32 Å². The fourth-order valence-electron chi connectivity index (χ4n) is 4.28. The first kappa shape index (κ1) is 12.6. The van der Waals surface area contributed by atoms with Crippen molar-refractivity contribution in [3.05, 3.63) is 16.1 Å². The Kier molecular flexibility index (Phi) is 3.46. The number of nitrogens with one attached hydrogen (secondary N) is 1. The molecule has 0 saturated heterocycles. The Bertz CT molecular complexity index is 414. The van der Waals surface area contributed by atoms with E-state index in [9.17, 15) is 0 Å². The van der Waals surface area contributed by atoms with Crippen molar-refractivity contribution >= 4 is 11.3 Å². The lowest BCUT2D eigenvalue weighted by Crippen LogP contribution is -2.40. The molecule has 0 spiro atoms. The molecule has 100 valence electrons. The summed E-state index contributed by atoms with van der Waals surface area (Å²) in [6.07, 6.45) is 7.05. The number of fused-ring (bicyclic) bond motifs is 2. The third kappa shape index (κ3) is 2.23. The molecule has 1 aromatic heterocycles. The maximum absolute atomic E-state index is 4.70. The van der Waals surface area contributed by atoms with E-state index in [4.69, 9.17) is 4.98 Å². The van der Waals surface area contributed by atoms with Gasteiger partial charge in [-0.15, -0.1) is 11.3 Å². The topological polar surface area (TPSA) is 24.9 Å². The monoisotopic (exact) mass is 264 g/mol. The van der Waals surface area contributed by atoms with Crippen LogP contribution in [-0.2, 0) is 6.42 Å². The highest BCUT2D eigenvalue weighted by molar-refractivity contribution is 7.09. The van der Waals surface area contributed by atoms with E-state index in [0.29, 0.717) is 5.41 Å². The van der Waals surface area contributed by atoms with Crippen molar-refractivity contribution in [3.8, 4) is 0 Å². The first-order valence-electron chi connectivity index (χ1n) is 7.33. The van der Waals surface area contributed by atoms with Gasteiger partial charge in [0.05, 0.1) is 10.7 Å². The molecule has 0 aromatic carbocycles. The zero-order valence-electron chi connectivity index (χ0n) is 11.5. The summed E-state index contributed by atoms with van der Waals surface area (Å²) < 4.78 is 0. The maximum Gasteiger partial charge on any atom is 0.0897 e. The number of nitrogens with zero attached hydrogens (tertiary/aromatic N) is 1. The van der Waals surface area contributed by atoms with E-state index >= 15 is 0 Å². The Morgan fingerprint density at radius 3 is 2.94 bits per heavy atom. The SMILES string of the molecule is CCNCC1(Cc2csc(C)n2)CC2CCC1C2. The third-order valence-electron chi connectivity index (χ3n) is 5.03. The fourth-order valence-corrected chi connectivity index (χ4v) is 4.89. The Labute approximate surface area is 114 Å². The normalized spacial score (nSPS) is 34.3. The Hall–Kier alpha value is -0.410. The van der Waals surface area contributed by atoms with Gasteiger partial charge in [-0.2, -0.15) is 0 Å². The van der Waals surface area contributed by atoms with Crippen LogP contribution in [0.5, 0.6) is 0 Å². The summed E-state index contributed by atoms with van der Waals surface area (Å²) in [6, 6.07) is 0. The van der Waals surface area contributed by atoms with Crippen molar-refractivity contribution in [2.75, 3.05) is 13.1 Å². The van der Waals surface area contributed by atoms with Gasteiger partial charge in [-0.3, -0.25) is 0 Å². The first-order valence-corrected chi connectivity index (χ1v) is 8.21. The average molecular weight is 264 g/mol. The molecule has 1 heterocycles. The standard InChI is InChI=1S/C15H24N2S/c1-3-16-10-15(7-12-4-5-13(15)6-12)8-14-9-18-11(2)17-14/h9,12-13,16H,3-8,10H2,1-2H3. The van der Waals surface area contributed by atoms with Gasteiger partial charge in [-0.05, 0) is 56.4 Å². The predicted molar refractivity (Wildman–Crippen MR) is 77.0 cm³/mol. The van der Waals surface area contributed by atoms with Crippen LogP contribution in [0, 0.1) is 24.2 Å². The van der Waals surface area contributed by atoms with Crippen LogP contribution in [0.4, 0.5) is 0 Å². The highest BCUT2D eigenvalue weighted by atomic mass is 32.1. The zero-order chi connectivity index (χ0) is 12.6. The molecule has 3 unspecified atom stereocenters. The second-order valence-corrected chi connectivity index (χ2v) is 7.32. The Morgan fingerprint density at radius 2 is 2.39 bits per heavy atom. The summed E-state index contributed by atoms with van der Waals surface area (Å²) in [7, 11) is 0. The Morgan fingerprint density at radius 1 is 1.50 bits per heavy atom. The van der Waals surface area contributed by atoms with E-state index < -0.39 is 0 Å². The quantitative estimate of drug-likeness (QED) is 0.881. The number of rotatable bonds is 5. The largest absolute Gasteiger partial charge is 0.316 e. The first-order chi connectivity index (χ1) is 8.72. The van der Waals surface area contributed by atoms with Crippen molar-refractivity contribution in [2.45, 2.75) is 46.0 Å². The number of aryl methyl sites for hydroxylation is 1. The van der Waals surface area contributed by atoms with Crippen LogP contribution >= 0.6 is 11.3 Å².